The number of halogens is 2. The maximum absolute atomic E-state index is 13.9. The first-order chi connectivity index (χ1) is 14.9. The van der Waals surface area contributed by atoms with E-state index in [1.165, 1.54) is 6.07 Å². The highest BCUT2D eigenvalue weighted by Crippen LogP contribution is 2.20. The summed E-state index contributed by atoms with van der Waals surface area (Å²) in [6.45, 7) is 1.57. The number of carbonyl (C=O) groups excluding carboxylic acids is 3. The number of hydrogen-bond acceptors (Lipinski definition) is 5. The smallest absolute Gasteiger partial charge is 0.308 e. The van der Waals surface area contributed by atoms with Crippen molar-refractivity contribution >= 4 is 35.1 Å². The van der Waals surface area contributed by atoms with Gasteiger partial charge in [-0.25, -0.2) is 4.39 Å². The Bertz CT molecular complexity index is 931. The molecule has 1 saturated heterocycles. The molecule has 7 nitrogen and oxygen atoms in total. The van der Waals surface area contributed by atoms with Crippen LogP contribution in [0.5, 0.6) is 0 Å². The standard InChI is InChI=1S/C22H23ClFN3O4/c23-17-7-5-16(6-8-17)22(30)25-10-9-21(29)31-15-20(28)27-13-11-26(12-14-27)19-4-2-1-3-18(19)24/h1-8H,9-15H2,(H,25,30). The van der Waals surface area contributed by atoms with Gasteiger partial charge in [-0.15, -0.1) is 0 Å². The number of nitrogens with one attached hydrogen (secondary N) is 1. The molecule has 0 saturated carbocycles. The van der Waals surface area contributed by atoms with E-state index in [1.54, 1.807) is 47.4 Å². The molecule has 2 amide bonds. The van der Waals surface area contributed by atoms with E-state index in [-0.39, 0.29) is 37.2 Å². The minimum Gasteiger partial charge on any atom is -0.456 e. The van der Waals surface area contributed by atoms with Gasteiger partial charge >= 0.3 is 5.97 Å². The molecular weight excluding hydrogens is 425 g/mol. The number of piperazine rings is 1. The van der Waals surface area contributed by atoms with Crippen molar-refractivity contribution in [1.29, 1.82) is 0 Å². The van der Waals surface area contributed by atoms with Gasteiger partial charge in [-0.1, -0.05) is 23.7 Å². The second kappa shape index (κ2) is 10.8. The van der Waals surface area contributed by atoms with Crippen molar-refractivity contribution in [2.45, 2.75) is 6.42 Å². The van der Waals surface area contributed by atoms with Crippen molar-refractivity contribution in [3.05, 3.63) is 64.9 Å². The number of hydrogen-bond donors (Lipinski definition) is 1. The molecule has 0 spiro atoms. The van der Waals surface area contributed by atoms with Crippen LogP contribution in [0.15, 0.2) is 48.5 Å². The third-order valence-electron chi connectivity index (χ3n) is 4.90. The van der Waals surface area contributed by atoms with Crippen LogP contribution < -0.4 is 10.2 Å². The molecule has 2 aromatic rings. The molecule has 1 heterocycles. The largest absolute Gasteiger partial charge is 0.456 e. The summed E-state index contributed by atoms with van der Waals surface area (Å²) in [4.78, 5) is 39.6. The lowest BCUT2D eigenvalue weighted by Gasteiger charge is -2.36. The summed E-state index contributed by atoms with van der Waals surface area (Å²) in [5.74, 6) is -1.49. The van der Waals surface area contributed by atoms with Gasteiger partial charge in [0.2, 0.25) is 0 Å². The maximum atomic E-state index is 13.9. The molecule has 31 heavy (non-hydrogen) atoms. The fraction of sp³-hybridized carbons (Fsp3) is 0.318. The minimum absolute atomic E-state index is 0.0479. The summed E-state index contributed by atoms with van der Waals surface area (Å²) in [7, 11) is 0. The Balaban J connectivity index is 1.34. The molecule has 0 unspecified atom stereocenters. The van der Waals surface area contributed by atoms with Crippen molar-refractivity contribution in [3.8, 4) is 0 Å². The van der Waals surface area contributed by atoms with Gasteiger partial charge in [0.15, 0.2) is 6.61 Å². The average molecular weight is 448 g/mol. The highest BCUT2D eigenvalue weighted by Gasteiger charge is 2.23. The fourth-order valence-corrected chi connectivity index (χ4v) is 3.32. The topological polar surface area (TPSA) is 78.9 Å². The van der Waals surface area contributed by atoms with Crippen LogP contribution in [0.2, 0.25) is 5.02 Å². The van der Waals surface area contributed by atoms with Crippen LogP contribution in [0, 0.1) is 5.82 Å². The van der Waals surface area contributed by atoms with Gasteiger partial charge in [0.25, 0.3) is 11.8 Å². The van der Waals surface area contributed by atoms with Crippen LogP contribution in [-0.2, 0) is 14.3 Å². The molecule has 0 aromatic heterocycles. The Morgan fingerprint density at radius 1 is 1.00 bits per heavy atom. The van der Waals surface area contributed by atoms with E-state index >= 15 is 0 Å². The number of para-hydroxylation sites is 1. The monoisotopic (exact) mass is 447 g/mol. The summed E-state index contributed by atoms with van der Waals surface area (Å²) < 4.78 is 18.9. The van der Waals surface area contributed by atoms with Crippen LogP contribution in [-0.4, -0.2) is 62.0 Å². The molecule has 0 aliphatic carbocycles. The van der Waals surface area contributed by atoms with Crippen molar-refractivity contribution < 1.29 is 23.5 Å². The summed E-state index contributed by atoms with van der Waals surface area (Å²) in [5.41, 5.74) is 0.948. The number of anilines is 1. The number of benzene rings is 2. The number of nitrogens with zero attached hydrogens (tertiary/aromatic N) is 2. The molecule has 1 aliphatic rings. The molecule has 2 aromatic carbocycles. The molecule has 1 N–H and O–H groups in total. The predicted molar refractivity (Wildman–Crippen MR) is 115 cm³/mol. The molecule has 3 rings (SSSR count). The van der Waals surface area contributed by atoms with Crippen molar-refractivity contribution in [1.82, 2.24) is 10.2 Å². The van der Waals surface area contributed by atoms with E-state index in [4.69, 9.17) is 16.3 Å². The molecule has 164 valence electrons. The first kappa shape index (κ1) is 22.6. The lowest BCUT2D eigenvalue weighted by atomic mass is 10.2. The fourth-order valence-electron chi connectivity index (χ4n) is 3.19. The highest BCUT2D eigenvalue weighted by molar-refractivity contribution is 6.30. The van der Waals surface area contributed by atoms with Crippen LogP contribution in [0.3, 0.4) is 0 Å². The Labute approximate surface area is 184 Å². The predicted octanol–water partition coefficient (Wildman–Crippen LogP) is 2.49. The van der Waals surface area contributed by atoms with E-state index in [9.17, 15) is 18.8 Å². The Hall–Kier alpha value is -3.13. The van der Waals surface area contributed by atoms with E-state index in [1.807, 2.05) is 4.90 Å². The van der Waals surface area contributed by atoms with Crippen molar-refractivity contribution in [2.24, 2.45) is 0 Å². The van der Waals surface area contributed by atoms with Gasteiger partial charge in [0.1, 0.15) is 5.82 Å². The molecule has 1 aliphatic heterocycles. The average Bonchev–Trinajstić information content (AvgIpc) is 2.78. The zero-order valence-corrected chi connectivity index (χ0v) is 17.6. The van der Waals surface area contributed by atoms with E-state index in [0.717, 1.165) is 0 Å². The van der Waals surface area contributed by atoms with Crippen molar-refractivity contribution in [2.75, 3.05) is 44.2 Å². The molecule has 0 bridgehead atoms. The van der Waals surface area contributed by atoms with Crippen LogP contribution in [0.4, 0.5) is 10.1 Å². The lowest BCUT2D eigenvalue weighted by Crippen LogP contribution is -2.50. The Morgan fingerprint density at radius 2 is 1.68 bits per heavy atom. The maximum Gasteiger partial charge on any atom is 0.308 e. The SMILES string of the molecule is O=C(CCNC(=O)c1ccc(Cl)cc1)OCC(=O)N1CCN(c2ccccc2F)CC1. The Morgan fingerprint density at radius 3 is 2.35 bits per heavy atom. The summed E-state index contributed by atoms with van der Waals surface area (Å²) >= 11 is 5.78. The van der Waals surface area contributed by atoms with Gasteiger partial charge in [0.05, 0.1) is 12.1 Å². The first-order valence-corrected chi connectivity index (χ1v) is 10.3. The number of amides is 2. The van der Waals surface area contributed by atoms with Gasteiger partial charge < -0.3 is 19.9 Å². The van der Waals surface area contributed by atoms with E-state index in [2.05, 4.69) is 5.32 Å². The van der Waals surface area contributed by atoms with Crippen LogP contribution in [0.1, 0.15) is 16.8 Å². The highest BCUT2D eigenvalue weighted by atomic mass is 35.5. The third-order valence-corrected chi connectivity index (χ3v) is 5.16. The molecule has 1 fully saturated rings. The van der Waals surface area contributed by atoms with Gasteiger partial charge in [-0.2, -0.15) is 0 Å². The Kier molecular flexibility index (Phi) is 7.83. The quantitative estimate of drug-likeness (QED) is 0.660. The number of rotatable bonds is 7. The second-order valence-corrected chi connectivity index (χ2v) is 7.43. The zero-order valence-electron chi connectivity index (χ0n) is 16.9. The third kappa shape index (κ3) is 6.42. The van der Waals surface area contributed by atoms with Crippen LogP contribution >= 0.6 is 11.6 Å². The first-order valence-electron chi connectivity index (χ1n) is 9.90. The van der Waals surface area contributed by atoms with E-state index < -0.39 is 5.97 Å². The number of carbonyl (C=O) groups is 3. The second-order valence-electron chi connectivity index (χ2n) is 6.99. The number of ether oxygens (including phenoxy) is 1. The molecule has 0 atom stereocenters. The zero-order chi connectivity index (χ0) is 22.2. The van der Waals surface area contributed by atoms with Crippen LogP contribution in [0.25, 0.3) is 0 Å². The van der Waals surface area contributed by atoms with Gasteiger partial charge in [-0.05, 0) is 36.4 Å². The minimum atomic E-state index is -0.574. The summed E-state index contributed by atoms with van der Waals surface area (Å²) in [6.07, 6.45) is -0.0479. The summed E-state index contributed by atoms with van der Waals surface area (Å²) in [6, 6.07) is 12.9. The summed E-state index contributed by atoms with van der Waals surface area (Å²) in [5, 5.41) is 3.14. The lowest BCUT2D eigenvalue weighted by molar-refractivity contribution is -0.152. The van der Waals surface area contributed by atoms with Gasteiger partial charge in [-0.3, -0.25) is 14.4 Å². The molecule has 9 heteroatoms. The van der Waals surface area contributed by atoms with E-state index in [0.29, 0.717) is 42.5 Å². The molecular formula is C22H23ClFN3O4. The molecule has 0 radical (unpaired) electrons. The normalized spacial score (nSPS) is 13.6. The van der Waals surface area contributed by atoms with Gasteiger partial charge in [0, 0.05) is 43.3 Å². The van der Waals surface area contributed by atoms with Crippen molar-refractivity contribution in [3.63, 3.8) is 0 Å². The number of esters is 1.